The standard InChI is InChI=1S/C21H21F3N2O2/c1-19(2,3)15-11-9-14(10-12-15)18(27)26-20(28,16-7-5-4-6-8-16)13-17(25-26)21(22,23)24/h4-12,28H,13H2,1-3H3. The Labute approximate surface area is 161 Å². The molecule has 1 aliphatic heterocycles. The molecule has 0 bridgehead atoms. The number of hydrazone groups is 1. The molecule has 2 aromatic carbocycles. The third kappa shape index (κ3) is 3.67. The summed E-state index contributed by atoms with van der Waals surface area (Å²) >= 11 is 0. The van der Waals surface area contributed by atoms with E-state index in [1.807, 2.05) is 20.8 Å². The van der Waals surface area contributed by atoms with Crippen molar-refractivity contribution in [3.05, 3.63) is 71.3 Å². The largest absolute Gasteiger partial charge is 0.431 e. The lowest BCUT2D eigenvalue weighted by Gasteiger charge is -2.31. The first-order valence-electron chi connectivity index (χ1n) is 8.80. The molecule has 148 valence electrons. The minimum absolute atomic E-state index is 0.137. The number of hydrogen-bond donors (Lipinski definition) is 1. The Morgan fingerprint density at radius 3 is 2.11 bits per heavy atom. The molecule has 1 amide bonds. The zero-order chi connectivity index (χ0) is 20.7. The summed E-state index contributed by atoms with van der Waals surface area (Å²) in [5.41, 5.74) is -2.25. The number of amides is 1. The first-order valence-corrected chi connectivity index (χ1v) is 8.80. The van der Waals surface area contributed by atoms with Crippen LogP contribution in [0.3, 0.4) is 0 Å². The van der Waals surface area contributed by atoms with Gasteiger partial charge in [0.25, 0.3) is 5.91 Å². The molecule has 0 fully saturated rings. The highest BCUT2D eigenvalue weighted by Gasteiger charge is 2.53. The Bertz CT molecular complexity index is 900. The second kappa shape index (κ2) is 6.74. The maximum absolute atomic E-state index is 13.3. The Morgan fingerprint density at radius 1 is 1.04 bits per heavy atom. The van der Waals surface area contributed by atoms with E-state index in [2.05, 4.69) is 5.10 Å². The summed E-state index contributed by atoms with van der Waals surface area (Å²) in [6.07, 6.45) is -5.57. The average Bonchev–Trinajstić information content (AvgIpc) is 3.00. The lowest BCUT2D eigenvalue weighted by atomic mass is 9.86. The highest BCUT2D eigenvalue weighted by atomic mass is 19.4. The van der Waals surface area contributed by atoms with Gasteiger partial charge in [0.15, 0.2) is 5.72 Å². The molecule has 0 spiro atoms. The van der Waals surface area contributed by atoms with Gasteiger partial charge in [0.1, 0.15) is 5.71 Å². The second-order valence-corrected chi connectivity index (χ2v) is 7.85. The molecule has 4 nitrogen and oxygen atoms in total. The molecule has 1 N–H and O–H groups in total. The van der Waals surface area contributed by atoms with Crippen LogP contribution in [0.1, 0.15) is 48.7 Å². The average molecular weight is 390 g/mol. The second-order valence-electron chi connectivity index (χ2n) is 7.85. The molecule has 3 rings (SSSR count). The molecule has 0 saturated heterocycles. The van der Waals surface area contributed by atoms with E-state index in [-0.39, 0.29) is 16.5 Å². The van der Waals surface area contributed by atoms with Crippen molar-refractivity contribution in [1.29, 1.82) is 0 Å². The van der Waals surface area contributed by atoms with Crippen molar-refractivity contribution >= 4 is 11.6 Å². The Kier molecular flexibility index (Phi) is 4.83. The highest BCUT2D eigenvalue weighted by Crippen LogP contribution is 2.40. The van der Waals surface area contributed by atoms with Gasteiger partial charge in [0.05, 0.1) is 6.42 Å². The van der Waals surface area contributed by atoms with Crippen molar-refractivity contribution < 1.29 is 23.1 Å². The topological polar surface area (TPSA) is 52.9 Å². The predicted molar refractivity (Wildman–Crippen MR) is 99.8 cm³/mol. The number of aliphatic hydroxyl groups is 1. The summed E-state index contributed by atoms with van der Waals surface area (Å²) in [6, 6.07) is 14.4. The van der Waals surface area contributed by atoms with E-state index in [0.717, 1.165) is 5.56 Å². The molecule has 2 aromatic rings. The molecule has 1 unspecified atom stereocenters. The zero-order valence-corrected chi connectivity index (χ0v) is 15.8. The predicted octanol–water partition coefficient (Wildman–Crippen LogP) is 4.59. The Morgan fingerprint density at radius 2 is 1.61 bits per heavy atom. The smallest absolute Gasteiger partial charge is 0.365 e. The number of halogens is 3. The molecule has 0 radical (unpaired) electrons. The first kappa shape index (κ1) is 20.1. The van der Waals surface area contributed by atoms with E-state index >= 15 is 0 Å². The van der Waals surface area contributed by atoms with E-state index in [4.69, 9.17) is 0 Å². The van der Waals surface area contributed by atoms with Crippen LogP contribution in [0.25, 0.3) is 0 Å². The molecule has 1 atom stereocenters. The molecule has 0 aromatic heterocycles. The number of carbonyl (C=O) groups is 1. The van der Waals surface area contributed by atoms with Gasteiger partial charge in [-0.15, -0.1) is 0 Å². The van der Waals surface area contributed by atoms with Crippen LogP contribution in [0.4, 0.5) is 13.2 Å². The van der Waals surface area contributed by atoms with Gasteiger partial charge >= 0.3 is 6.18 Å². The lowest BCUT2D eigenvalue weighted by Crippen LogP contribution is -2.43. The minimum atomic E-state index is -4.74. The molecule has 28 heavy (non-hydrogen) atoms. The minimum Gasteiger partial charge on any atom is -0.365 e. The van der Waals surface area contributed by atoms with Gasteiger partial charge in [-0.1, -0.05) is 63.2 Å². The van der Waals surface area contributed by atoms with E-state index < -0.39 is 29.9 Å². The molecular weight excluding hydrogens is 369 g/mol. The van der Waals surface area contributed by atoms with Gasteiger partial charge in [-0.05, 0) is 23.1 Å². The van der Waals surface area contributed by atoms with Crippen LogP contribution in [0, 0.1) is 0 Å². The van der Waals surface area contributed by atoms with Crippen LogP contribution in [0.2, 0.25) is 0 Å². The fraction of sp³-hybridized carbons (Fsp3) is 0.333. The van der Waals surface area contributed by atoms with Crippen LogP contribution in [-0.2, 0) is 11.1 Å². The van der Waals surface area contributed by atoms with Crippen molar-refractivity contribution in [3.8, 4) is 0 Å². The lowest BCUT2D eigenvalue weighted by molar-refractivity contribution is -0.0816. The van der Waals surface area contributed by atoms with Crippen LogP contribution in [-0.4, -0.2) is 27.9 Å². The van der Waals surface area contributed by atoms with E-state index in [1.54, 1.807) is 30.3 Å². The van der Waals surface area contributed by atoms with Crippen LogP contribution in [0.5, 0.6) is 0 Å². The van der Waals surface area contributed by atoms with Crippen molar-refractivity contribution in [2.45, 2.75) is 44.5 Å². The summed E-state index contributed by atoms with van der Waals surface area (Å²) in [5, 5.41) is 15.1. The van der Waals surface area contributed by atoms with Crippen molar-refractivity contribution in [2.75, 3.05) is 0 Å². The van der Waals surface area contributed by atoms with Crippen molar-refractivity contribution in [1.82, 2.24) is 5.01 Å². The normalized spacial score (nSPS) is 20.2. The van der Waals surface area contributed by atoms with Gasteiger partial charge < -0.3 is 5.11 Å². The Balaban J connectivity index is 2.02. The van der Waals surface area contributed by atoms with Crippen molar-refractivity contribution in [2.24, 2.45) is 5.10 Å². The third-order valence-corrected chi connectivity index (χ3v) is 4.74. The molecular formula is C21H21F3N2O2. The summed E-state index contributed by atoms with van der Waals surface area (Å²) in [4.78, 5) is 13.0. The number of carbonyl (C=O) groups excluding carboxylic acids is 1. The maximum atomic E-state index is 13.3. The van der Waals surface area contributed by atoms with E-state index in [0.29, 0.717) is 5.01 Å². The zero-order valence-electron chi connectivity index (χ0n) is 15.8. The van der Waals surface area contributed by atoms with Gasteiger partial charge in [-0.2, -0.15) is 23.3 Å². The van der Waals surface area contributed by atoms with E-state index in [9.17, 15) is 23.1 Å². The fourth-order valence-electron chi connectivity index (χ4n) is 3.08. The monoisotopic (exact) mass is 390 g/mol. The summed E-state index contributed by atoms with van der Waals surface area (Å²) in [5.74, 6) is -0.800. The van der Waals surface area contributed by atoms with E-state index in [1.165, 1.54) is 24.3 Å². The summed E-state index contributed by atoms with van der Waals surface area (Å²) in [6.45, 7) is 6.04. The highest BCUT2D eigenvalue weighted by molar-refractivity contribution is 5.99. The molecule has 0 saturated carbocycles. The quantitative estimate of drug-likeness (QED) is 0.815. The fourth-order valence-corrected chi connectivity index (χ4v) is 3.08. The maximum Gasteiger partial charge on any atom is 0.431 e. The summed E-state index contributed by atoms with van der Waals surface area (Å²) < 4.78 is 39.8. The number of benzene rings is 2. The van der Waals surface area contributed by atoms with Crippen LogP contribution in [0.15, 0.2) is 59.7 Å². The Hall–Kier alpha value is -2.67. The molecule has 7 heteroatoms. The first-order chi connectivity index (χ1) is 12.9. The summed E-state index contributed by atoms with van der Waals surface area (Å²) in [7, 11) is 0. The van der Waals surface area contributed by atoms with Crippen molar-refractivity contribution in [3.63, 3.8) is 0 Å². The third-order valence-electron chi connectivity index (χ3n) is 4.74. The number of hydrogen-bond acceptors (Lipinski definition) is 3. The van der Waals surface area contributed by atoms with Gasteiger partial charge in [0.2, 0.25) is 0 Å². The number of nitrogens with zero attached hydrogens (tertiary/aromatic N) is 2. The molecule has 1 aliphatic rings. The van der Waals surface area contributed by atoms with Crippen LogP contribution < -0.4 is 0 Å². The van der Waals surface area contributed by atoms with Gasteiger partial charge in [-0.3, -0.25) is 4.79 Å². The molecule has 1 heterocycles. The number of rotatable bonds is 2. The SMILES string of the molecule is CC(C)(C)c1ccc(C(=O)N2N=C(C(F)(F)F)CC2(O)c2ccccc2)cc1. The van der Waals surface area contributed by atoms with Crippen LogP contribution >= 0.6 is 0 Å². The van der Waals surface area contributed by atoms with Gasteiger partial charge in [-0.25, -0.2) is 0 Å². The number of alkyl halides is 3. The molecule has 0 aliphatic carbocycles. The van der Waals surface area contributed by atoms with Gasteiger partial charge in [0, 0.05) is 11.1 Å².